The number of hydrogen-bond acceptors (Lipinski definition) is 5. The van der Waals surface area contributed by atoms with Crippen molar-refractivity contribution in [1.29, 1.82) is 0 Å². The molecule has 0 saturated carbocycles. The third kappa shape index (κ3) is 5.07. The Bertz CT molecular complexity index is 659. The van der Waals surface area contributed by atoms with Crippen LogP contribution in [0.15, 0.2) is 39.9 Å². The van der Waals surface area contributed by atoms with Gasteiger partial charge >= 0.3 is 0 Å². The highest BCUT2D eigenvalue weighted by Crippen LogP contribution is 2.34. The van der Waals surface area contributed by atoms with Crippen LogP contribution in [0.3, 0.4) is 0 Å². The topological polar surface area (TPSA) is 77.3 Å². The zero-order chi connectivity index (χ0) is 18.1. The number of methoxy groups -OCH3 is 3. The second-order valence-electron chi connectivity index (χ2n) is 5.14. The lowest BCUT2D eigenvalue weighted by molar-refractivity contribution is 0.369. The Labute approximate surface area is 148 Å². The van der Waals surface area contributed by atoms with Crippen LogP contribution in [0.5, 0.6) is 17.2 Å². The Morgan fingerprint density at radius 2 is 1.80 bits per heavy atom. The van der Waals surface area contributed by atoms with E-state index in [0.29, 0.717) is 36.3 Å². The molecule has 0 amide bonds. The van der Waals surface area contributed by atoms with E-state index in [1.807, 2.05) is 31.2 Å². The van der Waals surface area contributed by atoms with E-state index in [0.717, 1.165) is 17.9 Å². The van der Waals surface area contributed by atoms with Crippen molar-refractivity contribution in [2.24, 2.45) is 4.99 Å². The summed E-state index contributed by atoms with van der Waals surface area (Å²) < 4.78 is 21.5. The van der Waals surface area contributed by atoms with Gasteiger partial charge in [-0.05, 0) is 19.1 Å². The summed E-state index contributed by atoms with van der Waals surface area (Å²) in [5.74, 6) is 3.52. The molecule has 7 nitrogen and oxygen atoms in total. The molecule has 2 aromatic rings. The lowest BCUT2D eigenvalue weighted by Gasteiger charge is -2.15. The van der Waals surface area contributed by atoms with Crippen LogP contribution in [0.2, 0.25) is 0 Å². The summed E-state index contributed by atoms with van der Waals surface area (Å²) >= 11 is 0. The van der Waals surface area contributed by atoms with Crippen LogP contribution in [0.4, 0.5) is 0 Å². The molecule has 2 N–H and O–H groups in total. The molecule has 1 aromatic carbocycles. The van der Waals surface area contributed by atoms with Gasteiger partial charge in [0.15, 0.2) is 5.96 Å². The van der Waals surface area contributed by atoms with Crippen LogP contribution in [0, 0.1) is 0 Å². The number of hydrogen-bond donors (Lipinski definition) is 2. The second-order valence-corrected chi connectivity index (χ2v) is 5.14. The molecule has 25 heavy (non-hydrogen) atoms. The van der Waals surface area contributed by atoms with E-state index in [-0.39, 0.29) is 0 Å². The Morgan fingerprint density at radius 1 is 1.08 bits per heavy atom. The van der Waals surface area contributed by atoms with E-state index in [9.17, 15) is 0 Å². The molecule has 0 bridgehead atoms. The largest absolute Gasteiger partial charge is 0.496 e. The van der Waals surface area contributed by atoms with E-state index in [4.69, 9.17) is 18.6 Å². The minimum atomic E-state index is 0.393. The van der Waals surface area contributed by atoms with Crippen molar-refractivity contribution in [3.8, 4) is 17.2 Å². The maximum Gasteiger partial charge on any atom is 0.191 e. The van der Waals surface area contributed by atoms with Crippen LogP contribution in [-0.2, 0) is 13.1 Å². The first-order chi connectivity index (χ1) is 12.2. The Hall–Kier alpha value is -2.83. The SMILES string of the molecule is CCNC(=NCc1c(OC)cc(OC)cc1OC)NCc1ccco1. The van der Waals surface area contributed by atoms with Gasteiger partial charge in [0.1, 0.15) is 23.0 Å². The molecule has 0 atom stereocenters. The second kappa shape index (κ2) is 9.46. The highest BCUT2D eigenvalue weighted by molar-refractivity contribution is 5.79. The summed E-state index contributed by atoms with van der Waals surface area (Å²) in [5.41, 5.74) is 0.848. The first-order valence-corrected chi connectivity index (χ1v) is 8.05. The third-order valence-corrected chi connectivity index (χ3v) is 3.57. The molecule has 0 aliphatic heterocycles. The third-order valence-electron chi connectivity index (χ3n) is 3.57. The number of furan rings is 1. The molecule has 0 radical (unpaired) electrons. The van der Waals surface area contributed by atoms with Crippen LogP contribution in [0.25, 0.3) is 0 Å². The van der Waals surface area contributed by atoms with Crippen molar-refractivity contribution < 1.29 is 18.6 Å². The summed E-state index contributed by atoms with van der Waals surface area (Å²) in [5, 5.41) is 6.43. The van der Waals surface area contributed by atoms with Crippen molar-refractivity contribution in [3.05, 3.63) is 41.9 Å². The predicted molar refractivity (Wildman–Crippen MR) is 96.5 cm³/mol. The van der Waals surface area contributed by atoms with Crippen LogP contribution >= 0.6 is 0 Å². The van der Waals surface area contributed by atoms with Gasteiger partial charge in [-0.3, -0.25) is 0 Å². The number of rotatable bonds is 8. The Morgan fingerprint density at radius 3 is 2.32 bits per heavy atom. The van der Waals surface area contributed by atoms with E-state index in [2.05, 4.69) is 15.6 Å². The van der Waals surface area contributed by atoms with Crippen molar-refractivity contribution >= 4 is 5.96 Å². The number of nitrogens with zero attached hydrogens (tertiary/aromatic N) is 1. The maximum atomic E-state index is 5.46. The van der Waals surface area contributed by atoms with Gasteiger partial charge in [-0.2, -0.15) is 0 Å². The van der Waals surface area contributed by atoms with Crippen molar-refractivity contribution in [1.82, 2.24) is 10.6 Å². The highest BCUT2D eigenvalue weighted by atomic mass is 16.5. The normalized spacial score (nSPS) is 11.1. The molecule has 1 heterocycles. The van der Waals surface area contributed by atoms with Gasteiger partial charge in [0.2, 0.25) is 0 Å². The van der Waals surface area contributed by atoms with Gasteiger partial charge in [-0.25, -0.2) is 4.99 Å². The van der Waals surface area contributed by atoms with Crippen LogP contribution in [0.1, 0.15) is 18.2 Å². The number of aliphatic imine (C=N–C) groups is 1. The number of benzene rings is 1. The molecule has 0 saturated heterocycles. The molecular formula is C18H25N3O4. The monoisotopic (exact) mass is 347 g/mol. The summed E-state index contributed by atoms with van der Waals surface area (Å²) in [6, 6.07) is 7.40. The zero-order valence-electron chi connectivity index (χ0n) is 15.1. The molecule has 7 heteroatoms. The smallest absolute Gasteiger partial charge is 0.191 e. The number of guanidine groups is 1. The lowest BCUT2D eigenvalue weighted by Crippen LogP contribution is -2.36. The van der Waals surface area contributed by atoms with Crippen LogP contribution in [-0.4, -0.2) is 33.8 Å². The van der Waals surface area contributed by atoms with Crippen molar-refractivity contribution in [2.75, 3.05) is 27.9 Å². The molecule has 0 spiro atoms. The molecule has 2 rings (SSSR count). The molecule has 0 unspecified atom stereocenters. The van der Waals surface area contributed by atoms with E-state index in [1.165, 1.54) is 0 Å². The molecule has 0 aliphatic rings. The maximum absolute atomic E-state index is 5.46. The average molecular weight is 347 g/mol. The zero-order valence-corrected chi connectivity index (χ0v) is 15.1. The fraction of sp³-hybridized carbons (Fsp3) is 0.389. The number of nitrogens with one attached hydrogen (secondary N) is 2. The summed E-state index contributed by atoms with van der Waals surface area (Å²) in [6.45, 7) is 3.71. The lowest BCUT2D eigenvalue weighted by atomic mass is 10.1. The first kappa shape index (κ1) is 18.5. The quantitative estimate of drug-likeness (QED) is 0.564. The number of ether oxygens (including phenoxy) is 3. The van der Waals surface area contributed by atoms with Crippen LogP contribution < -0.4 is 24.8 Å². The average Bonchev–Trinajstić information content (AvgIpc) is 3.16. The Kier molecular flexibility index (Phi) is 7.00. The van der Waals surface area contributed by atoms with Crippen molar-refractivity contribution in [2.45, 2.75) is 20.0 Å². The van der Waals surface area contributed by atoms with Gasteiger partial charge in [0.05, 0.1) is 46.2 Å². The molecule has 136 valence electrons. The molecular weight excluding hydrogens is 322 g/mol. The standard InChI is InChI=1S/C18H25N3O4/c1-5-19-18(20-11-13-7-6-8-25-13)21-12-15-16(23-3)9-14(22-2)10-17(15)24-4/h6-10H,5,11-12H2,1-4H3,(H2,19,20,21). The van der Waals surface area contributed by atoms with Gasteiger partial charge in [0, 0.05) is 18.7 Å². The van der Waals surface area contributed by atoms with E-state index >= 15 is 0 Å². The minimum Gasteiger partial charge on any atom is -0.496 e. The summed E-state index contributed by atoms with van der Waals surface area (Å²) in [7, 11) is 4.83. The first-order valence-electron chi connectivity index (χ1n) is 8.05. The fourth-order valence-electron chi connectivity index (χ4n) is 2.32. The van der Waals surface area contributed by atoms with Crippen molar-refractivity contribution in [3.63, 3.8) is 0 Å². The fourth-order valence-corrected chi connectivity index (χ4v) is 2.32. The molecule has 1 aromatic heterocycles. The van der Waals surface area contributed by atoms with Gasteiger partial charge < -0.3 is 29.3 Å². The van der Waals surface area contributed by atoms with E-state index < -0.39 is 0 Å². The van der Waals surface area contributed by atoms with Gasteiger partial charge in [-0.1, -0.05) is 0 Å². The molecule has 0 aliphatic carbocycles. The minimum absolute atomic E-state index is 0.393. The Balaban J connectivity index is 2.17. The van der Waals surface area contributed by atoms with Gasteiger partial charge in [-0.15, -0.1) is 0 Å². The molecule has 0 fully saturated rings. The predicted octanol–water partition coefficient (Wildman–Crippen LogP) is 2.56. The summed E-state index contributed by atoms with van der Waals surface area (Å²) in [6.07, 6.45) is 1.65. The van der Waals surface area contributed by atoms with E-state index in [1.54, 1.807) is 27.6 Å². The summed E-state index contributed by atoms with van der Waals surface area (Å²) in [4.78, 5) is 4.61. The van der Waals surface area contributed by atoms with Gasteiger partial charge in [0.25, 0.3) is 0 Å². The highest BCUT2D eigenvalue weighted by Gasteiger charge is 2.13.